The number of para-hydroxylation sites is 1. The molecule has 0 aliphatic heterocycles. The Hall–Kier alpha value is -3.54. The molecule has 0 aliphatic carbocycles. The van der Waals surface area contributed by atoms with Gasteiger partial charge in [0.25, 0.3) is 5.69 Å². The molecule has 4 aromatic rings. The second-order valence-electron chi connectivity index (χ2n) is 6.77. The topological polar surface area (TPSA) is 78.0 Å². The zero-order valence-electron chi connectivity index (χ0n) is 15.5. The number of nitrogens with zero attached hydrogens (tertiary/aromatic N) is 3. The standard InChI is InChI=1S/C22H19N3O3/c1-2-3-12-24-14-18(20-10-8-15-6-4-5-7-19(15)23-20)22(26)17-13-16(25(27)28)9-11-21(17)24/h4-11,13-14H,2-3,12H2,1H3. The quantitative estimate of drug-likeness (QED) is 0.367. The van der Waals surface area contributed by atoms with E-state index in [2.05, 4.69) is 11.9 Å². The molecule has 2 aromatic carbocycles. The van der Waals surface area contributed by atoms with Crippen molar-refractivity contribution >= 4 is 27.5 Å². The summed E-state index contributed by atoms with van der Waals surface area (Å²) in [6.07, 6.45) is 3.77. The molecule has 140 valence electrons. The van der Waals surface area contributed by atoms with Gasteiger partial charge < -0.3 is 4.57 Å². The van der Waals surface area contributed by atoms with Gasteiger partial charge in [-0.15, -0.1) is 0 Å². The van der Waals surface area contributed by atoms with E-state index in [4.69, 9.17) is 0 Å². The fourth-order valence-corrected chi connectivity index (χ4v) is 3.41. The van der Waals surface area contributed by atoms with Crippen molar-refractivity contribution in [3.05, 3.63) is 81.1 Å². The molecule has 0 fully saturated rings. The van der Waals surface area contributed by atoms with Crippen LogP contribution in [0.4, 0.5) is 5.69 Å². The number of unbranched alkanes of at least 4 members (excludes halogenated alkanes) is 1. The van der Waals surface area contributed by atoms with Gasteiger partial charge in [-0.1, -0.05) is 37.6 Å². The van der Waals surface area contributed by atoms with Gasteiger partial charge in [-0.3, -0.25) is 14.9 Å². The fraction of sp³-hybridized carbons (Fsp3) is 0.182. The first-order chi connectivity index (χ1) is 13.6. The summed E-state index contributed by atoms with van der Waals surface area (Å²) in [4.78, 5) is 28.6. The third-order valence-corrected chi connectivity index (χ3v) is 4.90. The van der Waals surface area contributed by atoms with Crippen LogP contribution in [0.15, 0.2) is 65.6 Å². The molecule has 2 aromatic heterocycles. The molecule has 0 saturated carbocycles. The highest BCUT2D eigenvalue weighted by Gasteiger charge is 2.15. The Kier molecular flexibility index (Phi) is 4.61. The van der Waals surface area contributed by atoms with Crippen LogP contribution < -0.4 is 5.43 Å². The van der Waals surface area contributed by atoms with Gasteiger partial charge in [0.05, 0.1) is 32.6 Å². The summed E-state index contributed by atoms with van der Waals surface area (Å²) >= 11 is 0. The number of aryl methyl sites for hydroxylation is 1. The van der Waals surface area contributed by atoms with Crippen LogP contribution >= 0.6 is 0 Å². The minimum absolute atomic E-state index is 0.0877. The van der Waals surface area contributed by atoms with Gasteiger partial charge in [0.15, 0.2) is 5.43 Å². The number of nitro benzene ring substituents is 1. The summed E-state index contributed by atoms with van der Waals surface area (Å²) in [5.41, 5.74) is 2.20. The predicted molar refractivity (Wildman–Crippen MR) is 111 cm³/mol. The zero-order valence-corrected chi connectivity index (χ0v) is 15.5. The van der Waals surface area contributed by atoms with Crippen LogP contribution in [0.25, 0.3) is 33.1 Å². The van der Waals surface area contributed by atoms with E-state index in [9.17, 15) is 14.9 Å². The summed E-state index contributed by atoms with van der Waals surface area (Å²) in [6, 6.07) is 15.9. The van der Waals surface area contributed by atoms with E-state index in [0.717, 1.165) is 30.3 Å². The Bertz CT molecular complexity index is 1260. The number of fused-ring (bicyclic) bond motifs is 2. The van der Waals surface area contributed by atoms with Gasteiger partial charge in [0, 0.05) is 30.3 Å². The third-order valence-electron chi connectivity index (χ3n) is 4.90. The number of hydrogen-bond acceptors (Lipinski definition) is 4. The first-order valence-electron chi connectivity index (χ1n) is 9.26. The molecule has 2 heterocycles. The van der Waals surface area contributed by atoms with Crippen molar-refractivity contribution in [1.82, 2.24) is 9.55 Å². The van der Waals surface area contributed by atoms with Gasteiger partial charge in [-0.25, -0.2) is 4.98 Å². The molecule has 0 aliphatic rings. The van der Waals surface area contributed by atoms with Crippen LogP contribution in [0.5, 0.6) is 0 Å². The lowest BCUT2D eigenvalue weighted by molar-refractivity contribution is -0.384. The van der Waals surface area contributed by atoms with Crippen molar-refractivity contribution in [3.63, 3.8) is 0 Å². The number of benzene rings is 2. The molecule has 0 atom stereocenters. The Morgan fingerprint density at radius 1 is 1.11 bits per heavy atom. The number of rotatable bonds is 5. The predicted octanol–water partition coefficient (Wildman–Crippen LogP) is 4.93. The van der Waals surface area contributed by atoms with Crippen LogP contribution in [0.3, 0.4) is 0 Å². The molecule has 0 radical (unpaired) electrons. The average molecular weight is 373 g/mol. The Labute approximate surface area is 161 Å². The number of aromatic nitrogens is 2. The maximum atomic E-state index is 13.2. The summed E-state index contributed by atoms with van der Waals surface area (Å²) in [6.45, 7) is 2.83. The highest BCUT2D eigenvalue weighted by atomic mass is 16.6. The molecule has 4 rings (SSSR count). The summed E-state index contributed by atoms with van der Waals surface area (Å²) in [5, 5.41) is 12.5. The number of hydrogen-bond donors (Lipinski definition) is 0. The van der Waals surface area contributed by atoms with Gasteiger partial charge in [0.1, 0.15) is 0 Å². The molecule has 0 spiro atoms. The van der Waals surface area contributed by atoms with E-state index in [0.29, 0.717) is 22.2 Å². The normalized spacial score (nSPS) is 11.2. The molecule has 28 heavy (non-hydrogen) atoms. The fourth-order valence-electron chi connectivity index (χ4n) is 3.41. The highest BCUT2D eigenvalue weighted by molar-refractivity contribution is 5.87. The van der Waals surface area contributed by atoms with Crippen molar-refractivity contribution in [1.29, 1.82) is 0 Å². The Balaban J connectivity index is 1.99. The first kappa shape index (κ1) is 17.9. The molecule has 6 heteroatoms. The zero-order chi connectivity index (χ0) is 19.7. The summed E-state index contributed by atoms with van der Waals surface area (Å²) in [5.74, 6) is 0. The Morgan fingerprint density at radius 2 is 1.93 bits per heavy atom. The molecular formula is C22H19N3O3. The molecule has 0 amide bonds. The number of pyridine rings is 2. The minimum Gasteiger partial charge on any atom is -0.347 e. The second-order valence-corrected chi connectivity index (χ2v) is 6.77. The third kappa shape index (κ3) is 3.13. The van der Waals surface area contributed by atoms with E-state index in [1.54, 1.807) is 6.07 Å². The van der Waals surface area contributed by atoms with Gasteiger partial charge in [-0.2, -0.15) is 0 Å². The number of non-ortho nitro benzene ring substituents is 1. The highest BCUT2D eigenvalue weighted by Crippen LogP contribution is 2.24. The second kappa shape index (κ2) is 7.23. The summed E-state index contributed by atoms with van der Waals surface area (Å²) in [7, 11) is 0. The maximum absolute atomic E-state index is 13.2. The average Bonchev–Trinajstić information content (AvgIpc) is 2.72. The lowest BCUT2D eigenvalue weighted by Crippen LogP contribution is -2.13. The molecular weight excluding hydrogens is 354 g/mol. The summed E-state index contributed by atoms with van der Waals surface area (Å²) < 4.78 is 2.00. The molecule has 6 nitrogen and oxygen atoms in total. The van der Waals surface area contributed by atoms with Crippen molar-refractivity contribution in [3.8, 4) is 11.3 Å². The van der Waals surface area contributed by atoms with Crippen LogP contribution in [-0.2, 0) is 6.54 Å². The van der Waals surface area contributed by atoms with Crippen molar-refractivity contribution in [2.24, 2.45) is 0 Å². The largest absolute Gasteiger partial charge is 0.347 e. The number of nitro groups is 1. The van der Waals surface area contributed by atoms with Crippen LogP contribution in [-0.4, -0.2) is 14.5 Å². The SMILES string of the molecule is CCCCn1cc(-c2ccc3ccccc3n2)c(=O)c2cc([N+](=O)[O-])ccc21. The van der Waals surface area contributed by atoms with E-state index < -0.39 is 4.92 Å². The van der Waals surface area contributed by atoms with Gasteiger partial charge in [-0.05, 0) is 24.6 Å². The first-order valence-corrected chi connectivity index (χ1v) is 9.26. The lowest BCUT2D eigenvalue weighted by Gasteiger charge is -2.13. The van der Waals surface area contributed by atoms with E-state index in [1.165, 1.54) is 12.1 Å². The molecule has 0 unspecified atom stereocenters. The van der Waals surface area contributed by atoms with Crippen molar-refractivity contribution in [2.75, 3.05) is 0 Å². The van der Waals surface area contributed by atoms with Crippen molar-refractivity contribution < 1.29 is 4.92 Å². The van der Waals surface area contributed by atoms with Crippen LogP contribution in [0, 0.1) is 10.1 Å². The smallest absolute Gasteiger partial charge is 0.270 e. The van der Waals surface area contributed by atoms with E-state index in [-0.39, 0.29) is 11.1 Å². The van der Waals surface area contributed by atoms with Crippen molar-refractivity contribution in [2.45, 2.75) is 26.3 Å². The van der Waals surface area contributed by atoms with Crippen LogP contribution in [0.2, 0.25) is 0 Å². The van der Waals surface area contributed by atoms with E-state index in [1.807, 2.05) is 47.2 Å². The van der Waals surface area contributed by atoms with Gasteiger partial charge >= 0.3 is 0 Å². The Morgan fingerprint density at radius 3 is 2.71 bits per heavy atom. The maximum Gasteiger partial charge on any atom is 0.270 e. The lowest BCUT2D eigenvalue weighted by atomic mass is 10.1. The van der Waals surface area contributed by atoms with E-state index >= 15 is 0 Å². The molecule has 0 N–H and O–H groups in total. The van der Waals surface area contributed by atoms with Gasteiger partial charge in [0.2, 0.25) is 0 Å². The van der Waals surface area contributed by atoms with Crippen LogP contribution in [0.1, 0.15) is 19.8 Å². The minimum atomic E-state index is -0.476. The molecule has 0 saturated heterocycles. The monoisotopic (exact) mass is 373 g/mol. The molecule has 0 bridgehead atoms.